The molecular weight excluding hydrogens is 508 g/mol. The fourth-order valence-corrected chi connectivity index (χ4v) is 6.82. The van der Waals surface area contributed by atoms with Crippen LogP contribution in [0.3, 0.4) is 0 Å². The molecule has 0 fully saturated rings. The van der Waals surface area contributed by atoms with Crippen LogP contribution in [0.4, 0.5) is 0 Å². The minimum Gasteiger partial charge on any atom is -0.316 e. The van der Waals surface area contributed by atoms with E-state index in [-0.39, 0.29) is 0 Å². The van der Waals surface area contributed by atoms with Gasteiger partial charge < -0.3 is 9.13 Å². The topological polar surface area (TPSA) is 9.86 Å². The maximum absolute atomic E-state index is 2.48. The highest BCUT2D eigenvalue weighted by Crippen LogP contribution is 2.43. The van der Waals surface area contributed by atoms with Gasteiger partial charge in [0.1, 0.15) is 0 Å². The summed E-state index contributed by atoms with van der Waals surface area (Å²) in [4.78, 5) is 0. The summed E-state index contributed by atoms with van der Waals surface area (Å²) in [5, 5.41) is 8.95. The zero-order chi connectivity index (χ0) is 27.6. The third-order valence-corrected chi connectivity index (χ3v) is 8.71. The van der Waals surface area contributed by atoms with Crippen molar-refractivity contribution in [1.29, 1.82) is 0 Å². The number of hydrogen-bond donors (Lipinski definition) is 0. The van der Waals surface area contributed by atoms with Crippen molar-refractivity contribution in [3.63, 3.8) is 0 Å². The highest BCUT2D eigenvalue weighted by atomic mass is 15.0. The maximum atomic E-state index is 2.48. The number of benzene rings is 7. The first-order chi connectivity index (χ1) is 20.8. The first-order valence-corrected chi connectivity index (χ1v) is 14.5. The fraction of sp³-hybridized carbons (Fsp3) is 0. The minimum atomic E-state index is 1.16. The van der Waals surface area contributed by atoms with Crippen LogP contribution >= 0.6 is 0 Å². The van der Waals surface area contributed by atoms with Crippen LogP contribution < -0.4 is 0 Å². The zero-order valence-corrected chi connectivity index (χ0v) is 22.9. The van der Waals surface area contributed by atoms with Crippen LogP contribution in [0, 0.1) is 0 Å². The first-order valence-electron chi connectivity index (χ1n) is 14.5. The van der Waals surface area contributed by atoms with Crippen LogP contribution in [-0.2, 0) is 0 Å². The van der Waals surface area contributed by atoms with Gasteiger partial charge in [-0.2, -0.15) is 0 Å². The van der Waals surface area contributed by atoms with Crippen LogP contribution in [-0.4, -0.2) is 9.13 Å². The molecule has 0 atom stereocenters. The van der Waals surface area contributed by atoms with Gasteiger partial charge in [0.25, 0.3) is 0 Å². The molecule has 9 rings (SSSR count). The van der Waals surface area contributed by atoms with Crippen LogP contribution in [0.5, 0.6) is 0 Å². The van der Waals surface area contributed by atoms with E-state index in [4.69, 9.17) is 0 Å². The Kier molecular flexibility index (Phi) is 4.93. The molecule has 2 aromatic heterocycles. The van der Waals surface area contributed by atoms with Gasteiger partial charge in [-0.05, 0) is 69.8 Å². The Morgan fingerprint density at radius 1 is 0.381 bits per heavy atom. The molecule has 0 aliphatic heterocycles. The van der Waals surface area contributed by atoms with Crippen LogP contribution in [0.1, 0.15) is 0 Å². The lowest BCUT2D eigenvalue weighted by molar-refractivity contribution is 1.13. The molecule has 2 nitrogen and oxygen atoms in total. The van der Waals surface area contributed by atoms with E-state index >= 15 is 0 Å². The number of para-hydroxylation sites is 1. The van der Waals surface area contributed by atoms with E-state index in [0.717, 1.165) is 11.4 Å². The molecule has 2 heteroatoms. The molecule has 0 radical (unpaired) electrons. The van der Waals surface area contributed by atoms with E-state index in [0.29, 0.717) is 0 Å². The summed E-state index contributed by atoms with van der Waals surface area (Å²) in [6.07, 6.45) is 2.19. The third kappa shape index (κ3) is 3.33. The summed E-state index contributed by atoms with van der Waals surface area (Å²) < 4.78 is 4.78. The highest BCUT2D eigenvalue weighted by Gasteiger charge is 2.20. The molecule has 0 saturated carbocycles. The highest BCUT2D eigenvalue weighted by molar-refractivity contribution is 6.32. The van der Waals surface area contributed by atoms with Crippen LogP contribution in [0.2, 0.25) is 0 Å². The fourth-order valence-electron chi connectivity index (χ4n) is 6.82. The summed E-state index contributed by atoms with van der Waals surface area (Å²) in [7, 11) is 0. The van der Waals surface area contributed by atoms with Crippen molar-refractivity contribution in [2.24, 2.45) is 0 Å². The lowest BCUT2D eigenvalue weighted by Crippen LogP contribution is -1.96. The Bertz CT molecular complexity index is 2430. The predicted molar refractivity (Wildman–Crippen MR) is 178 cm³/mol. The average Bonchev–Trinajstić information content (AvgIpc) is 3.64. The Hall–Kier alpha value is -5.60. The van der Waals surface area contributed by atoms with Crippen molar-refractivity contribution in [1.82, 2.24) is 9.13 Å². The van der Waals surface area contributed by atoms with Gasteiger partial charge in [0, 0.05) is 39.1 Å². The Morgan fingerprint density at radius 3 is 1.71 bits per heavy atom. The van der Waals surface area contributed by atoms with Gasteiger partial charge in [-0.25, -0.2) is 0 Å². The lowest BCUT2D eigenvalue weighted by Gasteiger charge is -2.13. The second-order valence-corrected chi connectivity index (χ2v) is 11.0. The second kappa shape index (κ2) is 8.95. The van der Waals surface area contributed by atoms with Gasteiger partial charge in [0.15, 0.2) is 0 Å². The minimum absolute atomic E-state index is 1.16. The van der Waals surface area contributed by atoms with Crippen LogP contribution in [0.25, 0.3) is 76.8 Å². The summed E-state index contributed by atoms with van der Waals surface area (Å²) in [5.41, 5.74) is 8.44. The molecule has 2 heterocycles. The van der Waals surface area contributed by atoms with Crippen LogP contribution in [0.15, 0.2) is 158 Å². The zero-order valence-electron chi connectivity index (χ0n) is 22.9. The summed E-state index contributed by atoms with van der Waals surface area (Å²) in [6.45, 7) is 0. The van der Waals surface area contributed by atoms with Gasteiger partial charge >= 0.3 is 0 Å². The summed E-state index contributed by atoms with van der Waals surface area (Å²) in [6, 6.07) is 55.0. The average molecular weight is 535 g/mol. The second-order valence-electron chi connectivity index (χ2n) is 11.0. The number of rotatable bonds is 3. The number of nitrogens with zero attached hydrogens (tertiary/aromatic N) is 2. The first kappa shape index (κ1) is 23.1. The van der Waals surface area contributed by atoms with E-state index < -0.39 is 0 Å². The molecule has 42 heavy (non-hydrogen) atoms. The Labute approximate surface area is 243 Å². The van der Waals surface area contributed by atoms with Crippen molar-refractivity contribution >= 4 is 54.3 Å². The SMILES string of the molecule is c1ccc(-c2ccc(-n3c4cc5c(ccn5-c5ccccc5)cc4c4c5ccccc5c5ccccc5c43)cc2)cc1. The van der Waals surface area contributed by atoms with Gasteiger partial charge in [-0.1, -0.05) is 109 Å². The quantitative estimate of drug-likeness (QED) is 0.200. The number of fused-ring (bicyclic) bond motifs is 9. The van der Waals surface area contributed by atoms with Crippen molar-refractivity contribution < 1.29 is 0 Å². The van der Waals surface area contributed by atoms with Gasteiger partial charge in [0.05, 0.1) is 16.6 Å². The Balaban J connectivity index is 1.44. The van der Waals surface area contributed by atoms with E-state index in [2.05, 4.69) is 167 Å². The lowest BCUT2D eigenvalue weighted by atomic mass is 9.96. The third-order valence-electron chi connectivity index (χ3n) is 8.71. The molecule has 0 spiro atoms. The molecule has 0 bridgehead atoms. The standard InChI is InChI=1S/C40H26N2/c1-3-11-27(12-4-1)28-19-21-31(22-20-28)42-38-26-37-29(23-24-41(37)30-13-5-2-6-14-30)25-36(38)39-34-17-9-7-15-32(34)33-16-8-10-18-35(33)40(39)42/h1-26H. The largest absolute Gasteiger partial charge is 0.316 e. The van der Waals surface area contributed by atoms with Crippen molar-refractivity contribution in [3.8, 4) is 22.5 Å². The molecule has 7 aromatic carbocycles. The maximum Gasteiger partial charge on any atom is 0.0625 e. The van der Waals surface area contributed by atoms with Crippen molar-refractivity contribution in [2.45, 2.75) is 0 Å². The van der Waals surface area contributed by atoms with E-state index in [9.17, 15) is 0 Å². The summed E-state index contributed by atoms with van der Waals surface area (Å²) in [5.74, 6) is 0. The van der Waals surface area contributed by atoms with Crippen molar-refractivity contribution in [3.05, 3.63) is 158 Å². The molecule has 196 valence electrons. The molecule has 0 aliphatic carbocycles. The van der Waals surface area contributed by atoms with E-state index in [1.54, 1.807) is 0 Å². The molecule has 0 unspecified atom stereocenters. The molecule has 0 aliphatic rings. The van der Waals surface area contributed by atoms with Gasteiger partial charge in [-0.15, -0.1) is 0 Å². The van der Waals surface area contributed by atoms with Crippen molar-refractivity contribution in [2.75, 3.05) is 0 Å². The number of hydrogen-bond acceptors (Lipinski definition) is 0. The smallest absolute Gasteiger partial charge is 0.0625 e. The summed E-state index contributed by atoms with van der Waals surface area (Å²) >= 11 is 0. The molecule has 9 aromatic rings. The molecule has 0 amide bonds. The van der Waals surface area contributed by atoms with Gasteiger partial charge in [0.2, 0.25) is 0 Å². The molecule has 0 N–H and O–H groups in total. The van der Waals surface area contributed by atoms with E-state index in [1.165, 1.54) is 65.4 Å². The monoisotopic (exact) mass is 534 g/mol. The number of aromatic nitrogens is 2. The van der Waals surface area contributed by atoms with E-state index in [1.807, 2.05) is 0 Å². The molecular formula is C40H26N2. The normalized spacial score (nSPS) is 11.8. The Morgan fingerprint density at radius 2 is 0.976 bits per heavy atom. The predicted octanol–water partition coefficient (Wildman–Crippen LogP) is 10.7. The molecule has 0 saturated heterocycles. The van der Waals surface area contributed by atoms with Gasteiger partial charge in [-0.3, -0.25) is 0 Å².